The van der Waals surface area contributed by atoms with E-state index in [4.69, 9.17) is 23.8 Å². The third-order valence-corrected chi connectivity index (χ3v) is 5.91. The first-order valence-electron chi connectivity index (χ1n) is 12.5. The summed E-state index contributed by atoms with van der Waals surface area (Å²) in [6.45, 7) is 8.58. The van der Waals surface area contributed by atoms with Crippen LogP contribution in [-0.2, 0) is 47.8 Å². The first-order chi connectivity index (χ1) is 18.4. The molecule has 1 aromatic rings. The molecule has 1 saturated heterocycles. The molecule has 2 aliphatic rings. The van der Waals surface area contributed by atoms with Crippen molar-refractivity contribution in [3.63, 3.8) is 0 Å². The number of fused-ring (bicyclic) bond motifs is 1. The molecule has 0 aromatic heterocycles. The first kappa shape index (κ1) is 29.6. The summed E-state index contributed by atoms with van der Waals surface area (Å²) in [6, 6.07) is 4.30. The summed E-state index contributed by atoms with van der Waals surface area (Å²) < 4.78 is 21.8. The average Bonchev–Trinajstić information content (AvgIpc) is 3.09. The Hall–Kier alpha value is -4.00. The molecule has 13 nitrogen and oxygen atoms in total. The molecule has 0 bridgehead atoms. The maximum atomic E-state index is 13.2. The molecule has 0 aliphatic carbocycles. The van der Waals surface area contributed by atoms with Gasteiger partial charge in [-0.05, 0) is 25.5 Å². The number of carbonyl (C=O) groups excluding carboxylic acids is 5. The van der Waals surface area contributed by atoms with Crippen LogP contribution in [-0.4, -0.2) is 79.2 Å². The van der Waals surface area contributed by atoms with Gasteiger partial charge in [0.05, 0.1) is 5.69 Å². The van der Waals surface area contributed by atoms with E-state index in [0.29, 0.717) is 24.2 Å². The van der Waals surface area contributed by atoms with Crippen LogP contribution in [0.4, 0.5) is 5.69 Å². The van der Waals surface area contributed by atoms with Crippen molar-refractivity contribution in [3.8, 4) is 0 Å². The highest BCUT2D eigenvalue weighted by Gasteiger charge is 2.52. The minimum atomic E-state index is -1.43. The van der Waals surface area contributed by atoms with Gasteiger partial charge in [-0.25, -0.2) is 0 Å². The van der Waals surface area contributed by atoms with E-state index in [9.17, 15) is 24.0 Å². The van der Waals surface area contributed by atoms with Crippen LogP contribution < -0.4 is 10.2 Å². The van der Waals surface area contributed by atoms with Gasteiger partial charge in [0, 0.05) is 39.8 Å². The topological polar surface area (TPSA) is 159 Å². The molecular formula is C26H33N3O10. The van der Waals surface area contributed by atoms with Gasteiger partial charge in [-0.1, -0.05) is 23.7 Å². The van der Waals surface area contributed by atoms with Gasteiger partial charge in [-0.2, -0.15) is 0 Å². The predicted molar refractivity (Wildman–Crippen MR) is 135 cm³/mol. The number of amides is 2. The highest BCUT2D eigenvalue weighted by atomic mass is 16.8. The van der Waals surface area contributed by atoms with E-state index in [1.54, 1.807) is 11.0 Å². The SMILES string of the molecule is CCCN1C(=O)/C(=N\O[C@@H]2O[C@@H](COC(C)=O)[C@@H](OC(C)=O)[C@@H](OC(C)=O)[C@@H]2NC(C)=O)c2cc(C)ccc21. The molecule has 1 aromatic carbocycles. The second-order valence-corrected chi connectivity index (χ2v) is 9.24. The second-order valence-electron chi connectivity index (χ2n) is 9.24. The molecule has 0 unspecified atom stereocenters. The van der Waals surface area contributed by atoms with Gasteiger partial charge < -0.3 is 34.0 Å². The largest absolute Gasteiger partial charge is 0.463 e. The van der Waals surface area contributed by atoms with Crippen LogP contribution in [0.2, 0.25) is 0 Å². The molecule has 13 heteroatoms. The van der Waals surface area contributed by atoms with Gasteiger partial charge in [0.2, 0.25) is 5.91 Å². The Morgan fingerprint density at radius 2 is 1.69 bits per heavy atom. The summed E-state index contributed by atoms with van der Waals surface area (Å²) in [6.07, 6.45) is -4.46. The van der Waals surface area contributed by atoms with Gasteiger partial charge in [0.1, 0.15) is 18.8 Å². The molecule has 2 amide bonds. The molecule has 2 heterocycles. The van der Waals surface area contributed by atoms with Gasteiger partial charge in [-0.15, -0.1) is 0 Å². The number of carbonyl (C=O) groups is 5. The fourth-order valence-electron chi connectivity index (χ4n) is 4.45. The lowest BCUT2D eigenvalue weighted by atomic mass is 9.96. The number of hydrogen-bond donors (Lipinski definition) is 1. The van der Waals surface area contributed by atoms with E-state index in [1.807, 2.05) is 26.0 Å². The van der Waals surface area contributed by atoms with E-state index >= 15 is 0 Å². The van der Waals surface area contributed by atoms with Crippen molar-refractivity contribution in [1.29, 1.82) is 0 Å². The number of rotatable bonds is 9. The molecule has 1 fully saturated rings. The van der Waals surface area contributed by atoms with Crippen molar-refractivity contribution in [3.05, 3.63) is 29.3 Å². The maximum Gasteiger partial charge on any atom is 0.303 e. The highest BCUT2D eigenvalue weighted by Crippen LogP contribution is 2.32. The van der Waals surface area contributed by atoms with E-state index in [1.165, 1.54) is 13.8 Å². The molecule has 2 aliphatic heterocycles. The van der Waals surface area contributed by atoms with E-state index in [0.717, 1.165) is 19.4 Å². The zero-order valence-electron chi connectivity index (χ0n) is 22.7. The van der Waals surface area contributed by atoms with E-state index < -0.39 is 54.5 Å². The summed E-state index contributed by atoms with van der Waals surface area (Å²) >= 11 is 0. The Morgan fingerprint density at radius 3 is 2.28 bits per heavy atom. The van der Waals surface area contributed by atoms with Crippen LogP contribution in [0, 0.1) is 6.92 Å². The Bertz CT molecular complexity index is 1170. The molecule has 0 saturated carbocycles. The predicted octanol–water partition coefficient (Wildman–Crippen LogP) is 1.13. The summed E-state index contributed by atoms with van der Waals surface area (Å²) in [4.78, 5) is 68.1. The molecule has 5 atom stereocenters. The number of ether oxygens (including phenoxy) is 4. The van der Waals surface area contributed by atoms with E-state index in [-0.39, 0.29) is 18.2 Å². The van der Waals surface area contributed by atoms with Gasteiger partial charge in [0.25, 0.3) is 12.2 Å². The number of esters is 3. The summed E-state index contributed by atoms with van der Waals surface area (Å²) in [5, 5.41) is 6.71. The molecule has 0 spiro atoms. The Kier molecular flexibility index (Phi) is 9.62. The Balaban J connectivity index is 2.02. The highest BCUT2D eigenvalue weighted by molar-refractivity contribution is 6.54. The number of anilines is 1. The standard InChI is InChI=1S/C26H33N3O10/c1-7-10-29-19-9-8-13(2)11-18(19)21(25(29)34)28-39-26-22(27-14(3)30)24(37-17(6)33)23(36-16(5)32)20(38-26)12-35-15(4)31/h8-9,11,20,22-24,26H,7,10,12H2,1-6H3,(H,27,30)/b28-21-/t20-,22-,23+,24-,26-/m0/s1. The van der Waals surface area contributed by atoms with Gasteiger partial charge in [-0.3, -0.25) is 24.0 Å². The molecule has 1 N–H and O–H groups in total. The maximum absolute atomic E-state index is 13.2. The molecule has 39 heavy (non-hydrogen) atoms. The second kappa shape index (κ2) is 12.7. The van der Waals surface area contributed by atoms with Gasteiger partial charge in [0.15, 0.2) is 17.9 Å². The quantitative estimate of drug-likeness (QED) is 0.270. The van der Waals surface area contributed by atoms with Crippen LogP contribution >= 0.6 is 0 Å². The third-order valence-electron chi connectivity index (χ3n) is 5.91. The zero-order chi connectivity index (χ0) is 28.9. The van der Waals surface area contributed by atoms with E-state index in [2.05, 4.69) is 10.5 Å². The van der Waals surface area contributed by atoms with Crippen LogP contribution in [0.1, 0.15) is 52.2 Å². The fourth-order valence-corrected chi connectivity index (χ4v) is 4.45. The third kappa shape index (κ3) is 7.11. The minimum Gasteiger partial charge on any atom is -0.463 e. The number of benzene rings is 1. The van der Waals surface area contributed by atoms with Crippen molar-refractivity contribution < 1.29 is 47.8 Å². The minimum absolute atomic E-state index is 0.0232. The van der Waals surface area contributed by atoms with Crippen molar-refractivity contribution in [2.75, 3.05) is 18.1 Å². The normalized spacial score (nSPS) is 25.1. The summed E-state index contributed by atoms with van der Waals surface area (Å²) in [5.74, 6) is -3.01. The number of nitrogens with zero attached hydrogens (tertiary/aromatic N) is 2. The fraction of sp³-hybridized carbons (Fsp3) is 0.538. The van der Waals surface area contributed by atoms with Crippen LogP contribution in [0.3, 0.4) is 0 Å². The van der Waals surface area contributed by atoms with Crippen LogP contribution in [0.15, 0.2) is 23.4 Å². The Morgan fingerprint density at radius 1 is 1.03 bits per heavy atom. The lowest BCUT2D eigenvalue weighted by molar-refractivity contribution is -0.278. The smallest absolute Gasteiger partial charge is 0.303 e. The molecule has 3 rings (SSSR count). The molecule has 0 radical (unpaired) electrons. The molecule has 212 valence electrons. The zero-order valence-corrected chi connectivity index (χ0v) is 22.7. The van der Waals surface area contributed by atoms with Crippen LogP contribution in [0.25, 0.3) is 0 Å². The molecular weight excluding hydrogens is 514 g/mol. The average molecular weight is 548 g/mol. The van der Waals surface area contributed by atoms with Crippen molar-refractivity contribution in [2.45, 2.75) is 78.6 Å². The number of nitrogens with one attached hydrogen (secondary N) is 1. The van der Waals surface area contributed by atoms with Crippen molar-refractivity contribution in [1.82, 2.24) is 5.32 Å². The lowest BCUT2D eigenvalue weighted by Crippen LogP contribution is -2.66. The summed E-state index contributed by atoms with van der Waals surface area (Å²) in [5.41, 5.74) is 2.16. The Labute approximate surface area is 225 Å². The van der Waals surface area contributed by atoms with Crippen molar-refractivity contribution >= 4 is 41.1 Å². The van der Waals surface area contributed by atoms with Crippen molar-refractivity contribution in [2.24, 2.45) is 5.16 Å². The number of hydrogen-bond acceptors (Lipinski definition) is 11. The van der Waals surface area contributed by atoms with Gasteiger partial charge >= 0.3 is 17.9 Å². The monoisotopic (exact) mass is 547 g/mol. The first-order valence-corrected chi connectivity index (χ1v) is 12.5. The lowest BCUT2D eigenvalue weighted by Gasteiger charge is -2.43. The number of aryl methyl sites for hydroxylation is 1. The number of oxime groups is 1. The summed E-state index contributed by atoms with van der Waals surface area (Å²) in [7, 11) is 0. The van der Waals surface area contributed by atoms with Crippen LogP contribution in [0.5, 0.6) is 0 Å².